The van der Waals surface area contributed by atoms with E-state index in [1.54, 1.807) is 17.5 Å². The zero-order chi connectivity index (χ0) is 20.3. The molecule has 152 valence electrons. The van der Waals surface area contributed by atoms with Crippen LogP contribution in [0.5, 0.6) is 5.75 Å². The van der Waals surface area contributed by atoms with Gasteiger partial charge in [0.1, 0.15) is 12.3 Å². The van der Waals surface area contributed by atoms with Gasteiger partial charge in [0.2, 0.25) is 10.0 Å². The van der Waals surface area contributed by atoms with Gasteiger partial charge in [-0.1, -0.05) is 44.2 Å². The van der Waals surface area contributed by atoms with Crippen molar-refractivity contribution in [1.29, 1.82) is 0 Å². The summed E-state index contributed by atoms with van der Waals surface area (Å²) in [4.78, 5) is 1.83. The number of methoxy groups -OCH3 is 1. The maximum absolute atomic E-state index is 13.3. The Hall–Kier alpha value is -1.89. The van der Waals surface area contributed by atoms with Crippen molar-refractivity contribution in [3.63, 3.8) is 0 Å². The zero-order valence-corrected chi connectivity index (χ0v) is 18.1. The summed E-state index contributed by atoms with van der Waals surface area (Å²) in [6.07, 6.45) is 0. The quantitative estimate of drug-likeness (QED) is 0.805. The number of hydrogen-bond donors (Lipinski definition) is 1. The van der Waals surface area contributed by atoms with E-state index in [-0.39, 0.29) is 5.92 Å². The highest BCUT2D eigenvalue weighted by atomic mass is 32.2. The maximum Gasteiger partial charge on any atom is 0.243 e. The monoisotopic (exact) mass is 403 g/mol. The SMILES string of the molecule is COc1cc(C)c(S(=O)(=O)N2CC[NH+](Cc3ccccc3)CC2)cc1C(C)C. The maximum atomic E-state index is 13.3. The third kappa shape index (κ3) is 4.40. The summed E-state index contributed by atoms with van der Waals surface area (Å²) in [6.45, 7) is 9.62. The van der Waals surface area contributed by atoms with Crippen LogP contribution in [-0.2, 0) is 16.6 Å². The highest BCUT2D eigenvalue weighted by Crippen LogP contribution is 2.32. The third-order valence-electron chi connectivity index (χ3n) is 5.49. The van der Waals surface area contributed by atoms with Crippen LogP contribution in [0.15, 0.2) is 47.4 Å². The van der Waals surface area contributed by atoms with Crippen LogP contribution in [0.3, 0.4) is 0 Å². The number of hydrogen-bond acceptors (Lipinski definition) is 3. The lowest BCUT2D eigenvalue weighted by atomic mass is 10.0. The lowest BCUT2D eigenvalue weighted by molar-refractivity contribution is -0.917. The largest absolute Gasteiger partial charge is 0.496 e. The van der Waals surface area contributed by atoms with E-state index in [2.05, 4.69) is 26.0 Å². The number of aryl methyl sites for hydroxylation is 1. The molecule has 1 aliphatic heterocycles. The summed E-state index contributed by atoms with van der Waals surface area (Å²) in [5.74, 6) is 0.945. The summed E-state index contributed by atoms with van der Waals surface area (Å²) in [7, 11) is -1.88. The molecule has 0 unspecified atom stereocenters. The molecule has 0 aliphatic carbocycles. The van der Waals surface area contributed by atoms with E-state index in [1.165, 1.54) is 10.5 Å². The Kier molecular flexibility index (Phi) is 6.43. The van der Waals surface area contributed by atoms with Gasteiger partial charge < -0.3 is 9.64 Å². The Morgan fingerprint density at radius 3 is 2.32 bits per heavy atom. The molecule has 0 amide bonds. The molecule has 2 aromatic rings. The smallest absolute Gasteiger partial charge is 0.243 e. The van der Waals surface area contributed by atoms with Crippen LogP contribution in [0, 0.1) is 6.92 Å². The van der Waals surface area contributed by atoms with Crippen LogP contribution in [-0.4, -0.2) is 46.0 Å². The van der Waals surface area contributed by atoms with Crippen molar-refractivity contribution in [3.8, 4) is 5.75 Å². The van der Waals surface area contributed by atoms with Gasteiger partial charge in [0.25, 0.3) is 0 Å². The number of nitrogens with zero attached hydrogens (tertiary/aromatic N) is 1. The van der Waals surface area contributed by atoms with E-state index in [0.29, 0.717) is 18.0 Å². The number of rotatable bonds is 6. The normalized spacial score (nSPS) is 16.5. The average molecular weight is 404 g/mol. The predicted octanol–water partition coefficient (Wildman–Crippen LogP) is 2.22. The second kappa shape index (κ2) is 8.64. The number of ether oxygens (including phenoxy) is 1. The van der Waals surface area contributed by atoms with E-state index in [1.807, 2.05) is 31.2 Å². The Bertz CT molecular complexity index is 903. The fourth-order valence-corrected chi connectivity index (χ4v) is 5.51. The van der Waals surface area contributed by atoms with Gasteiger partial charge in [-0.15, -0.1) is 0 Å². The second-order valence-electron chi connectivity index (χ2n) is 7.83. The highest BCUT2D eigenvalue weighted by Gasteiger charge is 2.32. The Labute approximate surface area is 169 Å². The zero-order valence-electron chi connectivity index (χ0n) is 17.2. The summed E-state index contributed by atoms with van der Waals surface area (Å²) in [5, 5.41) is 0. The number of piperazine rings is 1. The summed E-state index contributed by atoms with van der Waals surface area (Å²) >= 11 is 0. The predicted molar refractivity (Wildman–Crippen MR) is 111 cm³/mol. The minimum Gasteiger partial charge on any atom is -0.496 e. The lowest BCUT2D eigenvalue weighted by Crippen LogP contribution is -3.13. The van der Waals surface area contributed by atoms with Crippen LogP contribution in [0.1, 0.15) is 36.5 Å². The molecule has 0 spiro atoms. The highest BCUT2D eigenvalue weighted by molar-refractivity contribution is 7.89. The van der Waals surface area contributed by atoms with Crippen molar-refractivity contribution in [2.45, 2.75) is 38.1 Å². The van der Waals surface area contributed by atoms with Crippen molar-refractivity contribution < 1.29 is 18.1 Å². The minimum atomic E-state index is -3.51. The van der Waals surface area contributed by atoms with Gasteiger partial charge in [0.15, 0.2) is 0 Å². The van der Waals surface area contributed by atoms with Gasteiger partial charge in [-0.3, -0.25) is 0 Å². The van der Waals surface area contributed by atoms with Gasteiger partial charge in [0, 0.05) is 5.56 Å². The molecule has 1 aliphatic rings. The molecule has 0 radical (unpaired) electrons. The second-order valence-corrected chi connectivity index (χ2v) is 9.74. The molecule has 1 saturated heterocycles. The fraction of sp³-hybridized carbons (Fsp3) is 0.455. The summed E-state index contributed by atoms with van der Waals surface area (Å²) in [6, 6.07) is 14.0. The summed E-state index contributed by atoms with van der Waals surface area (Å²) in [5.41, 5.74) is 2.96. The van der Waals surface area contributed by atoms with Crippen LogP contribution in [0.4, 0.5) is 0 Å². The molecule has 2 aromatic carbocycles. The molecule has 5 nitrogen and oxygen atoms in total. The van der Waals surface area contributed by atoms with E-state index < -0.39 is 10.0 Å². The molecule has 1 heterocycles. The standard InChI is InChI=1S/C22H30N2O3S/c1-17(2)20-15-22(18(3)14-21(20)27-4)28(25,26)24-12-10-23(11-13-24)16-19-8-6-5-7-9-19/h5-9,14-15,17H,10-13,16H2,1-4H3/p+1. The molecule has 6 heteroatoms. The Morgan fingerprint density at radius 1 is 1.11 bits per heavy atom. The van der Waals surface area contributed by atoms with Crippen molar-refractivity contribution >= 4 is 10.0 Å². The van der Waals surface area contributed by atoms with Crippen molar-refractivity contribution in [2.24, 2.45) is 0 Å². The van der Waals surface area contributed by atoms with Crippen LogP contribution < -0.4 is 9.64 Å². The van der Waals surface area contributed by atoms with Gasteiger partial charge in [-0.25, -0.2) is 8.42 Å². The van der Waals surface area contributed by atoms with Crippen molar-refractivity contribution in [2.75, 3.05) is 33.3 Å². The number of sulfonamides is 1. The van der Waals surface area contributed by atoms with Crippen LogP contribution >= 0.6 is 0 Å². The number of benzene rings is 2. The van der Waals surface area contributed by atoms with Gasteiger partial charge in [0.05, 0.1) is 38.2 Å². The van der Waals surface area contributed by atoms with E-state index in [0.717, 1.165) is 36.5 Å². The topological polar surface area (TPSA) is 51.1 Å². The third-order valence-corrected chi connectivity index (χ3v) is 7.53. The first kappa shape index (κ1) is 20.8. The molecule has 3 rings (SSSR count). The molecule has 28 heavy (non-hydrogen) atoms. The summed E-state index contributed by atoms with van der Waals surface area (Å²) < 4.78 is 33.7. The number of quaternary nitrogens is 1. The fourth-order valence-electron chi connectivity index (χ4n) is 3.83. The van der Waals surface area contributed by atoms with Crippen LogP contribution in [0.2, 0.25) is 0 Å². The van der Waals surface area contributed by atoms with E-state index >= 15 is 0 Å². The first-order valence-corrected chi connectivity index (χ1v) is 11.3. The Balaban J connectivity index is 1.76. The van der Waals surface area contributed by atoms with E-state index in [4.69, 9.17) is 4.74 Å². The molecule has 0 aromatic heterocycles. The van der Waals surface area contributed by atoms with E-state index in [9.17, 15) is 8.42 Å². The average Bonchev–Trinajstić information content (AvgIpc) is 2.68. The van der Waals surface area contributed by atoms with Gasteiger partial charge in [-0.2, -0.15) is 4.31 Å². The molecular weight excluding hydrogens is 372 g/mol. The minimum absolute atomic E-state index is 0.191. The van der Waals surface area contributed by atoms with Crippen LogP contribution in [0.25, 0.3) is 0 Å². The molecule has 0 bridgehead atoms. The molecule has 0 saturated carbocycles. The number of nitrogens with one attached hydrogen (secondary N) is 1. The first-order chi connectivity index (χ1) is 13.3. The van der Waals surface area contributed by atoms with Gasteiger partial charge >= 0.3 is 0 Å². The first-order valence-electron chi connectivity index (χ1n) is 9.89. The molecule has 1 N–H and O–H groups in total. The molecule has 0 atom stereocenters. The van der Waals surface area contributed by atoms with Crippen molar-refractivity contribution in [3.05, 3.63) is 59.2 Å². The molecule has 1 fully saturated rings. The van der Waals surface area contributed by atoms with Crippen molar-refractivity contribution in [1.82, 2.24) is 4.31 Å². The Morgan fingerprint density at radius 2 is 1.75 bits per heavy atom. The lowest BCUT2D eigenvalue weighted by Gasteiger charge is -2.32. The molecular formula is C22H31N2O3S+. The van der Waals surface area contributed by atoms with Gasteiger partial charge in [-0.05, 0) is 36.1 Å².